The lowest BCUT2D eigenvalue weighted by Gasteiger charge is -2.06. The van der Waals surface area contributed by atoms with Crippen LogP contribution >= 0.6 is 0 Å². The number of benzene rings is 1. The van der Waals surface area contributed by atoms with Crippen LogP contribution in [0.5, 0.6) is 5.75 Å². The molecule has 0 saturated carbocycles. The fraction of sp³-hybridized carbons (Fsp3) is 0.200. The van der Waals surface area contributed by atoms with Crippen LogP contribution in [0, 0.1) is 6.92 Å². The Bertz CT molecular complexity index is 318. The van der Waals surface area contributed by atoms with Gasteiger partial charge in [0.2, 0.25) is 0 Å². The quantitative estimate of drug-likeness (QED) is 0.654. The van der Waals surface area contributed by atoms with Crippen LogP contribution in [0.1, 0.15) is 15.9 Å². The Labute approximate surface area is 76.3 Å². The predicted molar refractivity (Wildman–Crippen MR) is 48.1 cm³/mol. The molecule has 0 atom stereocenters. The minimum Gasteiger partial charge on any atom is -0.486 e. The van der Waals surface area contributed by atoms with Crippen molar-refractivity contribution in [3.8, 4) is 5.75 Å². The van der Waals surface area contributed by atoms with Gasteiger partial charge in [-0.2, -0.15) is 0 Å². The zero-order chi connectivity index (χ0) is 9.68. The largest absolute Gasteiger partial charge is 0.486 e. The summed E-state index contributed by atoms with van der Waals surface area (Å²) in [6.45, 7) is 1.80. The molecule has 0 spiro atoms. The van der Waals surface area contributed by atoms with Gasteiger partial charge < -0.3 is 4.74 Å². The molecule has 68 valence electrons. The first-order valence-electron chi connectivity index (χ1n) is 3.91. The smallest absolute Gasteiger partial charge is 0.157 e. The zero-order valence-electron chi connectivity index (χ0n) is 7.32. The van der Waals surface area contributed by atoms with Crippen molar-refractivity contribution in [2.45, 2.75) is 6.92 Å². The van der Waals surface area contributed by atoms with Gasteiger partial charge in [-0.15, -0.1) is 0 Å². The van der Waals surface area contributed by atoms with Gasteiger partial charge in [0.1, 0.15) is 18.6 Å². The number of rotatable bonds is 4. The summed E-state index contributed by atoms with van der Waals surface area (Å²) >= 11 is 0. The molecule has 0 bridgehead atoms. The molecule has 0 radical (unpaired) electrons. The third kappa shape index (κ3) is 2.15. The van der Waals surface area contributed by atoms with Crippen molar-refractivity contribution < 1.29 is 14.3 Å². The van der Waals surface area contributed by atoms with Gasteiger partial charge in [0.25, 0.3) is 0 Å². The molecule has 0 N–H and O–H groups in total. The molecule has 0 aromatic heterocycles. The second-order valence-electron chi connectivity index (χ2n) is 2.57. The van der Waals surface area contributed by atoms with Crippen molar-refractivity contribution in [2.75, 3.05) is 6.61 Å². The molecule has 1 rings (SSSR count). The summed E-state index contributed by atoms with van der Waals surface area (Å²) in [5.74, 6) is 0.580. The van der Waals surface area contributed by atoms with Crippen molar-refractivity contribution in [1.82, 2.24) is 0 Å². The minimum absolute atomic E-state index is 0.0170. The molecule has 0 aliphatic heterocycles. The highest BCUT2D eigenvalue weighted by Gasteiger charge is 2.02. The summed E-state index contributed by atoms with van der Waals surface area (Å²) in [7, 11) is 0. The molecule has 13 heavy (non-hydrogen) atoms. The molecule has 0 fully saturated rings. The standard InChI is InChI=1S/C10H10O3/c1-8-9(7-12)3-2-4-10(8)13-6-5-11/h2-5,7H,6H2,1H3. The van der Waals surface area contributed by atoms with E-state index in [-0.39, 0.29) is 6.61 Å². The van der Waals surface area contributed by atoms with Crippen LogP contribution in [0.3, 0.4) is 0 Å². The minimum atomic E-state index is 0.0170. The van der Waals surface area contributed by atoms with Crippen molar-refractivity contribution in [3.05, 3.63) is 29.3 Å². The first kappa shape index (κ1) is 9.45. The molecule has 1 aromatic rings. The summed E-state index contributed by atoms with van der Waals surface area (Å²) < 4.78 is 5.10. The van der Waals surface area contributed by atoms with E-state index in [2.05, 4.69) is 0 Å². The summed E-state index contributed by atoms with van der Waals surface area (Å²) in [6, 6.07) is 5.15. The summed E-state index contributed by atoms with van der Waals surface area (Å²) in [5.41, 5.74) is 1.35. The van der Waals surface area contributed by atoms with Crippen LogP contribution in [-0.4, -0.2) is 19.2 Å². The van der Waals surface area contributed by atoms with Crippen LogP contribution in [0.25, 0.3) is 0 Å². The molecule has 0 saturated heterocycles. The van der Waals surface area contributed by atoms with Crippen molar-refractivity contribution in [3.63, 3.8) is 0 Å². The normalized spacial score (nSPS) is 9.31. The van der Waals surface area contributed by atoms with Gasteiger partial charge in [0.15, 0.2) is 6.29 Å². The fourth-order valence-electron chi connectivity index (χ4n) is 1.04. The Morgan fingerprint density at radius 1 is 1.38 bits per heavy atom. The van der Waals surface area contributed by atoms with Gasteiger partial charge in [0.05, 0.1) is 0 Å². The molecule has 0 unspecified atom stereocenters. The lowest BCUT2D eigenvalue weighted by molar-refractivity contribution is -0.109. The van der Waals surface area contributed by atoms with Gasteiger partial charge in [-0.05, 0) is 13.0 Å². The molecule has 0 amide bonds. The first-order chi connectivity index (χ1) is 6.29. The Kier molecular flexibility index (Phi) is 3.20. The second-order valence-corrected chi connectivity index (χ2v) is 2.57. The van der Waals surface area contributed by atoms with E-state index in [4.69, 9.17) is 4.74 Å². The van der Waals surface area contributed by atoms with E-state index in [9.17, 15) is 9.59 Å². The van der Waals surface area contributed by atoms with Gasteiger partial charge in [-0.1, -0.05) is 12.1 Å². The number of hydrogen-bond donors (Lipinski definition) is 0. The highest BCUT2D eigenvalue weighted by Crippen LogP contribution is 2.19. The number of ether oxygens (including phenoxy) is 1. The lowest BCUT2D eigenvalue weighted by atomic mass is 10.1. The molecule has 0 heterocycles. The van der Waals surface area contributed by atoms with Crippen LogP contribution in [0.15, 0.2) is 18.2 Å². The number of carbonyl (C=O) groups is 2. The third-order valence-electron chi connectivity index (χ3n) is 1.76. The van der Waals surface area contributed by atoms with Crippen LogP contribution in [-0.2, 0) is 4.79 Å². The maximum atomic E-state index is 10.5. The van der Waals surface area contributed by atoms with Crippen LogP contribution in [0.2, 0.25) is 0 Å². The monoisotopic (exact) mass is 178 g/mol. The van der Waals surface area contributed by atoms with E-state index in [1.54, 1.807) is 25.1 Å². The Morgan fingerprint density at radius 3 is 2.77 bits per heavy atom. The predicted octanol–water partition coefficient (Wildman–Crippen LogP) is 1.39. The fourth-order valence-corrected chi connectivity index (χ4v) is 1.04. The molecule has 1 aromatic carbocycles. The third-order valence-corrected chi connectivity index (χ3v) is 1.76. The Morgan fingerprint density at radius 2 is 2.15 bits per heavy atom. The van der Waals surface area contributed by atoms with Crippen molar-refractivity contribution in [1.29, 1.82) is 0 Å². The van der Waals surface area contributed by atoms with Gasteiger partial charge in [-0.3, -0.25) is 9.59 Å². The molecular weight excluding hydrogens is 168 g/mol. The Balaban J connectivity index is 2.93. The summed E-state index contributed by atoms with van der Waals surface area (Å²) in [4.78, 5) is 20.6. The highest BCUT2D eigenvalue weighted by molar-refractivity contribution is 5.78. The molecule has 0 aliphatic carbocycles. The van der Waals surface area contributed by atoms with Gasteiger partial charge in [0, 0.05) is 11.1 Å². The summed E-state index contributed by atoms with van der Waals surface area (Å²) in [5, 5.41) is 0. The topological polar surface area (TPSA) is 43.4 Å². The number of hydrogen-bond acceptors (Lipinski definition) is 3. The van der Waals surface area contributed by atoms with Gasteiger partial charge in [-0.25, -0.2) is 0 Å². The number of carbonyl (C=O) groups excluding carboxylic acids is 2. The first-order valence-corrected chi connectivity index (χ1v) is 3.91. The highest BCUT2D eigenvalue weighted by atomic mass is 16.5. The maximum Gasteiger partial charge on any atom is 0.157 e. The van der Waals surface area contributed by atoms with E-state index >= 15 is 0 Å². The molecule has 0 aliphatic rings. The zero-order valence-corrected chi connectivity index (χ0v) is 7.32. The van der Waals surface area contributed by atoms with Gasteiger partial charge >= 0.3 is 0 Å². The molecular formula is C10H10O3. The van der Waals surface area contributed by atoms with Crippen molar-refractivity contribution in [2.24, 2.45) is 0 Å². The average molecular weight is 178 g/mol. The molecule has 3 heteroatoms. The number of aldehydes is 2. The maximum absolute atomic E-state index is 10.5. The van der Waals surface area contributed by atoms with E-state index in [1.165, 1.54) is 0 Å². The average Bonchev–Trinajstić information content (AvgIpc) is 2.16. The summed E-state index contributed by atoms with van der Waals surface area (Å²) in [6.07, 6.45) is 1.44. The SMILES string of the molecule is Cc1c(C=O)cccc1OCC=O. The van der Waals surface area contributed by atoms with Crippen LogP contribution < -0.4 is 4.74 Å². The molecule has 3 nitrogen and oxygen atoms in total. The second kappa shape index (κ2) is 4.40. The lowest BCUT2D eigenvalue weighted by Crippen LogP contribution is -2.00. The van der Waals surface area contributed by atoms with E-state index in [0.29, 0.717) is 17.6 Å². The Hall–Kier alpha value is -1.64. The van der Waals surface area contributed by atoms with Crippen LogP contribution in [0.4, 0.5) is 0 Å². The van der Waals surface area contributed by atoms with E-state index in [1.807, 2.05) is 0 Å². The van der Waals surface area contributed by atoms with Crippen molar-refractivity contribution >= 4 is 12.6 Å². The van der Waals surface area contributed by atoms with E-state index < -0.39 is 0 Å². The van der Waals surface area contributed by atoms with E-state index in [0.717, 1.165) is 11.8 Å².